The van der Waals surface area contributed by atoms with Crippen LogP contribution in [0.2, 0.25) is 0 Å². The number of hydrogen-bond donors (Lipinski definition) is 7. The van der Waals surface area contributed by atoms with Crippen LogP contribution in [-0.4, -0.2) is 97.2 Å². The maximum absolute atomic E-state index is 14.4. The normalized spacial score (nSPS) is 28.0. The summed E-state index contributed by atoms with van der Waals surface area (Å²) in [6.45, 7) is 4.00. The second kappa shape index (κ2) is 25.2. The zero-order chi connectivity index (χ0) is 49.0. The minimum atomic E-state index is -0.407. The van der Waals surface area contributed by atoms with Gasteiger partial charge in [0.15, 0.2) is 0 Å². The fraction of sp³-hybridized carbons (Fsp3) is 0.800. The van der Waals surface area contributed by atoms with E-state index in [2.05, 4.69) is 22.9 Å². The number of hydrogen-bond acceptors (Lipinski definition) is 9. The van der Waals surface area contributed by atoms with Crippen molar-refractivity contribution in [1.82, 2.24) is 15.1 Å². The Morgan fingerprint density at radius 2 is 0.957 bits per heavy atom. The highest BCUT2D eigenvalue weighted by Crippen LogP contribution is 2.62. The van der Waals surface area contributed by atoms with Crippen LogP contribution in [0.1, 0.15) is 184 Å². The van der Waals surface area contributed by atoms with Gasteiger partial charge in [-0.1, -0.05) is 51.9 Å². The monoisotopic (exact) mass is 958 g/mol. The third kappa shape index (κ3) is 15.5. The van der Waals surface area contributed by atoms with E-state index in [0.717, 1.165) is 83.5 Å². The Morgan fingerprint density at radius 3 is 1.35 bits per heavy atom. The van der Waals surface area contributed by atoms with Crippen LogP contribution >= 0.6 is 0 Å². The van der Waals surface area contributed by atoms with E-state index in [-0.39, 0.29) is 72.4 Å². The van der Waals surface area contributed by atoms with E-state index in [9.17, 15) is 24.0 Å². The van der Waals surface area contributed by atoms with Crippen LogP contribution in [0.3, 0.4) is 0 Å². The average molecular weight is 958 g/mol. The molecule has 2 atom stereocenters. The predicted molar refractivity (Wildman–Crippen MR) is 275 cm³/mol. The Hall–Kier alpha value is -3.59. The Bertz CT molecular complexity index is 1710. The van der Waals surface area contributed by atoms with E-state index in [0.29, 0.717) is 92.2 Å². The van der Waals surface area contributed by atoms with E-state index in [1.807, 2.05) is 0 Å². The van der Waals surface area contributed by atoms with Crippen LogP contribution in [0.15, 0.2) is 18.2 Å². The maximum Gasteiger partial charge on any atom is 0.251 e. The van der Waals surface area contributed by atoms with Crippen LogP contribution in [0, 0.1) is 46.3 Å². The van der Waals surface area contributed by atoms with E-state index >= 15 is 0 Å². The van der Waals surface area contributed by atoms with Crippen LogP contribution in [-0.2, 0) is 19.2 Å². The molecular formula is C55H91N9O5. The molecule has 1 aromatic carbocycles. The smallest absolute Gasteiger partial charge is 0.251 e. The molecule has 0 unspecified atom stereocenters. The molecule has 14 nitrogen and oxygen atoms in total. The lowest BCUT2D eigenvalue weighted by atomic mass is 9.49. The van der Waals surface area contributed by atoms with Gasteiger partial charge in [0.25, 0.3) is 5.91 Å². The van der Waals surface area contributed by atoms with Gasteiger partial charge in [-0.25, -0.2) is 0 Å². The minimum absolute atomic E-state index is 0.000919. The second-order valence-corrected chi connectivity index (χ2v) is 23.7. The number of nitrogens with two attached hydrogens (primary N) is 4. The summed E-state index contributed by atoms with van der Waals surface area (Å²) < 4.78 is 0. The Morgan fingerprint density at radius 1 is 0.565 bits per heavy atom. The van der Waals surface area contributed by atoms with Crippen LogP contribution in [0.5, 0.6) is 0 Å². The lowest BCUT2D eigenvalue weighted by molar-refractivity contribution is -0.142. The quantitative estimate of drug-likeness (QED) is 0.0380. The van der Waals surface area contributed by atoms with Crippen molar-refractivity contribution in [2.45, 2.75) is 186 Å². The highest BCUT2D eigenvalue weighted by Gasteiger charge is 2.53. The summed E-state index contributed by atoms with van der Waals surface area (Å²) in [5.41, 5.74) is 25.7. The molecule has 8 bridgehead atoms. The summed E-state index contributed by atoms with van der Waals surface area (Å²) in [7, 11) is 0. The first-order valence-corrected chi connectivity index (χ1v) is 27.7. The number of nitrogens with one attached hydrogen (secondary N) is 3. The highest BCUT2D eigenvalue weighted by molar-refractivity contribution is 6.02. The first kappa shape index (κ1) is 53.2. The molecule has 1 aromatic rings. The molecule has 386 valence electrons. The lowest BCUT2D eigenvalue weighted by Gasteiger charge is -2.57. The molecule has 8 fully saturated rings. The highest BCUT2D eigenvalue weighted by atomic mass is 16.2. The summed E-state index contributed by atoms with van der Waals surface area (Å²) in [5.74, 6) is 2.99. The number of carbonyl (C=O) groups excluding carboxylic acids is 5. The third-order valence-corrected chi connectivity index (χ3v) is 17.3. The van der Waals surface area contributed by atoms with Gasteiger partial charge >= 0.3 is 0 Å². The molecule has 8 aliphatic carbocycles. The molecule has 0 aliphatic heterocycles. The molecule has 69 heavy (non-hydrogen) atoms. The number of benzene rings is 1. The van der Waals surface area contributed by atoms with Gasteiger partial charge < -0.3 is 48.7 Å². The molecule has 14 heteroatoms. The first-order valence-electron chi connectivity index (χ1n) is 27.7. The van der Waals surface area contributed by atoms with Gasteiger partial charge in [-0.3, -0.25) is 24.0 Å². The van der Waals surface area contributed by atoms with E-state index in [1.165, 1.54) is 57.8 Å². The summed E-state index contributed by atoms with van der Waals surface area (Å²) in [6.07, 6.45) is 26.4. The average Bonchev–Trinajstić information content (AvgIpc) is 3.27. The van der Waals surface area contributed by atoms with E-state index in [4.69, 9.17) is 22.9 Å². The summed E-state index contributed by atoms with van der Waals surface area (Å²) in [4.78, 5) is 74.1. The number of nitrogens with zero attached hydrogens (tertiary/aromatic N) is 2. The van der Waals surface area contributed by atoms with Gasteiger partial charge in [0.1, 0.15) is 0 Å². The van der Waals surface area contributed by atoms with Gasteiger partial charge in [0.05, 0.1) is 13.1 Å². The molecule has 0 aromatic heterocycles. The number of carbonyl (C=O) groups is 5. The van der Waals surface area contributed by atoms with Crippen molar-refractivity contribution in [3.63, 3.8) is 0 Å². The van der Waals surface area contributed by atoms with Crippen molar-refractivity contribution >= 4 is 40.9 Å². The summed E-state index contributed by atoms with van der Waals surface area (Å²) in [6, 6.07) is 4.27. The van der Waals surface area contributed by atoms with Crippen molar-refractivity contribution in [3.05, 3.63) is 23.8 Å². The predicted octanol–water partition coefficient (Wildman–Crippen LogP) is 7.44. The van der Waals surface area contributed by atoms with E-state index in [1.54, 1.807) is 28.0 Å². The second-order valence-electron chi connectivity index (χ2n) is 23.7. The number of amides is 5. The first-order chi connectivity index (χ1) is 33.2. The van der Waals surface area contributed by atoms with Crippen molar-refractivity contribution in [2.24, 2.45) is 69.3 Å². The van der Waals surface area contributed by atoms with Gasteiger partial charge in [-0.15, -0.1) is 0 Å². The number of anilines is 2. The molecule has 0 heterocycles. The molecule has 8 saturated carbocycles. The molecule has 0 saturated heterocycles. The number of rotatable bonds is 30. The molecule has 9 rings (SSSR count). The Labute approximate surface area is 414 Å². The molecule has 0 spiro atoms. The van der Waals surface area contributed by atoms with Crippen molar-refractivity contribution in [2.75, 3.05) is 56.4 Å². The fourth-order valence-electron chi connectivity index (χ4n) is 15.1. The number of unbranched alkanes of at least 4 members (excludes halogenated alkanes) is 7. The van der Waals surface area contributed by atoms with Crippen LogP contribution < -0.4 is 38.9 Å². The molecule has 5 amide bonds. The van der Waals surface area contributed by atoms with Crippen molar-refractivity contribution in [3.8, 4) is 0 Å². The minimum Gasteiger partial charge on any atom is -0.352 e. The standard InChI is InChI=1S/C55H91N9O5/c1-2-3-4-5-6-11-16-60-53(69)44-23-47(61-49(65)36-63(34-45(58)12-7-9-14-56)51(67)32-54-26-38-17-39(27-54)19-40(18-38)28-54)25-48(24-44)62-50(66)37-64(35-46(59)13-8-10-15-57)52(68)33-55-29-41-20-42(30-55)22-43(21-41)31-55/h23-25,38-43,45-46H,2-22,26-37,56-59H2,1H3,(H,60,69)(H,61,65)(H,62,66)/t38?,39?,40?,41?,42?,43?,45-,46-,54?,55?/m0/s1. The molecule has 0 radical (unpaired) electrons. The zero-order valence-electron chi connectivity index (χ0n) is 42.4. The largest absolute Gasteiger partial charge is 0.352 e. The van der Waals surface area contributed by atoms with Gasteiger partial charge in [-0.2, -0.15) is 0 Å². The van der Waals surface area contributed by atoms with Gasteiger partial charge in [-0.05, 0) is 187 Å². The van der Waals surface area contributed by atoms with E-state index < -0.39 is 11.8 Å². The van der Waals surface area contributed by atoms with Crippen molar-refractivity contribution < 1.29 is 24.0 Å². The summed E-state index contributed by atoms with van der Waals surface area (Å²) in [5, 5.41) is 9.01. The Balaban J connectivity index is 1.05. The van der Waals surface area contributed by atoms with Crippen molar-refractivity contribution in [1.29, 1.82) is 0 Å². The zero-order valence-corrected chi connectivity index (χ0v) is 42.4. The molecular weight excluding hydrogens is 867 g/mol. The summed E-state index contributed by atoms with van der Waals surface area (Å²) >= 11 is 0. The van der Waals surface area contributed by atoms with Gasteiger partial charge in [0, 0.05) is 61.5 Å². The maximum atomic E-state index is 14.4. The molecule has 8 aliphatic rings. The lowest BCUT2D eigenvalue weighted by Crippen LogP contribution is -2.50. The third-order valence-electron chi connectivity index (χ3n) is 17.3. The van der Waals surface area contributed by atoms with Crippen LogP contribution in [0.4, 0.5) is 11.4 Å². The van der Waals surface area contributed by atoms with Crippen LogP contribution in [0.25, 0.3) is 0 Å². The van der Waals surface area contributed by atoms with Gasteiger partial charge in [0.2, 0.25) is 23.6 Å². The topological polar surface area (TPSA) is 232 Å². The Kier molecular flexibility index (Phi) is 19.4. The SMILES string of the molecule is CCCCCCCCNC(=O)c1cc(NC(=O)CN(C[C@@H](N)CCCCN)C(=O)CC23CC4CC(CC(C4)C2)C3)cc(NC(=O)CN(C[C@@H](N)CCCCN)C(=O)CC23CC4CC(CC(C4)C2)C3)c1. The fourth-order valence-corrected chi connectivity index (χ4v) is 15.1. The molecule has 11 N–H and O–H groups in total.